The summed E-state index contributed by atoms with van der Waals surface area (Å²) in [5.74, 6) is 1.95. The van der Waals surface area contributed by atoms with E-state index in [2.05, 4.69) is 29.3 Å². The fourth-order valence-electron chi connectivity index (χ4n) is 2.86. The number of aryl methyl sites for hydroxylation is 1. The fourth-order valence-corrected chi connectivity index (χ4v) is 3.81. The Balaban J connectivity index is 1.75. The van der Waals surface area contributed by atoms with Crippen LogP contribution < -0.4 is 0 Å². The van der Waals surface area contributed by atoms with E-state index in [1.165, 1.54) is 0 Å². The lowest BCUT2D eigenvalue weighted by Crippen LogP contribution is -2.01. The van der Waals surface area contributed by atoms with Crippen molar-refractivity contribution in [2.24, 2.45) is 0 Å². The molecule has 0 spiro atoms. The Kier molecular flexibility index (Phi) is 4.77. The molecule has 2 heterocycles. The number of furan rings is 1. The number of benzene rings is 2. The molecule has 2 aromatic heterocycles. The number of nitrogens with zero attached hydrogens (tertiary/aromatic N) is 4. The minimum atomic E-state index is 0.631. The zero-order chi connectivity index (χ0) is 18.6. The van der Waals surface area contributed by atoms with Crippen LogP contribution in [-0.4, -0.2) is 14.8 Å². The molecule has 0 aliphatic rings. The third-order valence-corrected chi connectivity index (χ3v) is 5.20. The van der Waals surface area contributed by atoms with Crippen molar-refractivity contribution in [2.45, 2.75) is 17.8 Å². The van der Waals surface area contributed by atoms with Gasteiger partial charge in [-0.2, -0.15) is 5.26 Å². The second-order valence-corrected chi connectivity index (χ2v) is 6.91. The molecule has 0 bridgehead atoms. The highest BCUT2D eigenvalue weighted by Gasteiger charge is 2.19. The first-order chi connectivity index (χ1) is 13.3. The first-order valence-electron chi connectivity index (χ1n) is 8.44. The van der Waals surface area contributed by atoms with Crippen molar-refractivity contribution in [3.05, 3.63) is 83.6 Å². The van der Waals surface area contributed by atoms with Crippen molar-refractivity contribution in [3.8, 4) is 23.3 Å². The van der Waals surface area contributed by atoms with E-state index in [1.807, 2.05) is 59.2 Å². The van der Waals surface area contributed by atoms with Crippen LogP contribution in [0.5, 0.6) is 0 Å². The van der Waals surface area contributed by atoms with Crippen molar-refractivity contribution in [2.75, 3.05) is 0 Å². The summed E-state index contributed by atoms with van der Waals surface area (Å²) in [4.78, 5) is 0. The van der Waals surface area contributed by atoms with E-state index < -0.39 is 0 Å². The Labute approximate surface area is 161 Å². The van der Waals surface area contributed by atoms with Gasteiger partial charge in [-0.1, -0.05) is 48.2 Å². The van der Waals surface area contributed by atoms with Crippen LogP contribution in [0.3, 0.4) is 0 Å². The van der Waals surface area contributed by atoms with Gasteiger partial charge in [-0.25, -0.2) is 0 Å². The maximum atomic E-state index is 9.31. The molecular weight excluding hydrogens is 356 g/mol. The van der Waals surface area contributed by atoms with Gasteiger partial charge in [-0.05, 0) is 42.3 Å². The van der Waals surface area contributed by atoms with Gasteiger partial charge < -0.3 is 4.42 Å². The number of nitriles is 1. The van der Waals surface area contributed by atoms with Gasteiger partial charge >= 0.3 is 0 Å². The van der Waals surface area contributed by atoms with Gasteiger partial charge in [0.25, 0.3) is 0 Å². The van der Waals surface area contributed by atoms with E-state index in [0.717, 1.165) is 22.0 Å². The molecule has 0 amide bonds. The highest BCUT2D eigenvalue weighted by atomic mass is 32.2. The van der Waals surface area contributed by atoms with Crippen LogP contribution in [-0.2, 0) is 5.75 Å². The van der Waals surface area contributed by atoms with Crippen LogP contribution >= 0.6 is 11.8 Å². The largest absolute Gasteiger partial charge is 0.461 e. The SMILES string of the molecule is Cc1ccccc1-n1c(SCc2ccccc2C#N)nnc1-c1ccco1. The molecule has 0 fully saturated rings. The van der Waals surface area contributed by atoms with Crippen LogP contribution in [0.15, 0.2) is 76.5 Å². The second-order valence-electron chi connectivity index (χ2n) is 5.96. The quantitative estimate of drug-likeness (QED) is 0.461. The van der Waals surface area contributed by atoms with Crippen LogP contribution in [0.4, 0.5) is 0 Å². The van der Waals surface area contributed by atoms with E-state index in [9.17, 15) is 5.26 Å². The minimum Gasteiger partial charge on any atom is -0.461 e. The zero-order valence-electron chi connectivity index (χ0n) is 14.7. The first-order valence-corrected chi connectivity index (χ1v) is 9.42. The Hall–Kier alpha value is -3.30. The van der Waals surface area contributed by atoms with E-state index in [1.54, 1.807) is 18.0 Å². The summed E-state index contributed by atoms with van der Waals surface area (Å²) in [6.07, 6.45) is 1.63. The number of hydrogen-bond acceptors (Lipinski definition) is 5. The maximum absolute atomic E-state index is 9.31. The van der Waals surface area contributed by atoms with Crippen molar-refractivity contribution in [1.29, 1.82) is 5.26 Å². The third-order valence-electron chi connectivity index (χ3n) is 4.23. The highest BCUT2D eigenvalue weighted by Crippen LogP contribution is 2.31. The second kappa shape index (κ2) is 7.52. The average molecular weight is 372 g/mol. The summed E-state index contributed by atoms with van der Waals surface area (Å²) in [6, 6.07) is 21.7. The number of thioether (sulfide) groups is 1. The molecule has 4 rings (SSSR count). The van der Waals surface area contributed by atoms with E-state index in [-0.39, 0.29) is 0 Å². The number of aromatic nitrogens is 3. The molecule has 0 radical (unpaired) electrons. The average Bonchev–Trinajstić information content (AvgIpc) is 3.36. The lowest BCUT2D eigenvalue weighted by Gasteiger charge is -2.12. The minimum absolute atomic E-state index is 0.631. The molecule has 2 aromatic carbocycles. The van der Waals surface area contributed by atoms with Crippen LogP contribution in [0.2, 0.25) is 0 Å². The first kappa shape index (κ1) is 17.1. The number of para-hydroxylation sites is 1. The molecule has 5 nitrogen and oxygen atoms in total. The molecular formula is C21H16N4OS. The molecule has 6 heteroatoms. The van der Waals surface area contributed by atoms with Crippen molar-refractivity contribution < 1.29 is 4.42 Å². The standard InChI is InChI=1S/C21H16N4OS/c1-15-7-2-5-10-18(15)25-20(19-11-6-12-26-19)23-24-21(25)27-14-17-9-4-3-8-16(17)13-22/h2-12H,14H2,1H3. The van der Waals surface area contributed by atoms with Crippen molar-refractivity contribution in [3.63, 3.8) is 0 Å². The molecule has 0 aliphatic heterocycles. The third kappa shape index (κ3) is 3.37. The Morgan fingerprint density at radius 3 is 2.63 bits per heavy atom. The van der Waals surface area contributed by atoms with Crippen molar-refractivity contribution in [1.82, 2.24) is 14.8 Å². The molecule has 0 atom stereocenters. The summed E-state index contributed by atoms with van der Waals surface area (Å²) in [5.41, 5.74) is 3.77. The number of rotatable bonds is 5. The van der Waals surface area contributed by atoms with E-state index in [4.69, 9.17) is 4.42 Å². The summed E-state index contributed by atoms with van der Waals surface area (Å²) < 4.78 is 7.57. The molecule has 0 unspecified atom stereocenters. The molecule has 0 saturated carbocycles. The molecule has 0 N–H and O–H groups in total. The molecule has 4 aromatic rings. The smallest absolute Gasteiger partial charge is 0.205 e. The topological polar surface area (TPSA) is 67.6 Å². The van der Waals surface area contributed by atoms with Gasteiger partial charge in [-0.15, -0.1) is 10.2 Å². The normalized spacial score (nSPS) is 10.7. The maximum Gasteiger partial charge on any atom is 0.205 e. The van der Waals surface area contributed by atoms with Gasteiger partial charge in [0.1, 0.15) is 0 Å². The lowest BCUT2D eigenvalue weighted by molar-refractivity contribution is 0.575. The van der Waals surface area contributed by atoms with Crippen LogP contribution in [0, 0.1) is 18.3 Å². The lowest BCUT2D eigenvalue weighted by atomic mass is 10.1. The number of hydrogen-bond donors (Lipinski definition) is 0. The monoisotopic (exact) mass is 372 g/mol. The van der Waals surface area contributed by atoms with Gasteiger partial charge in [0.05, 0.1) is 23.6 Å². The van der Waals surface area contributed by atoms with Crippen molar-refractivity contribution >= 4 is 11.8 Å². The fraction of sp³-hybridized carbons (Fsp3) is 0.0952. The van der Waals surface area contributed by atoms with Gasteiger partial charge in [0.2, 0.25) is 5.82 Å². The zero-order valence-corrected chi connectivity index (χ0v) is 15.5. The summed E-state index contributed by atoms with van der Waals surface area (Å²) in [5, 5.41) is 18.8. The van der Waals surface area contributed by atoms with Gasteiger partial charge in [0.15, 0.2) is 10.9 Å². The Morgan fingerprint density at radius 2 is 1.85 bits per heavy atom. The van der Waals surface area contributed by atoms with Gasteiger partial charge in [0, 0.05) is 5.75 Å². The van der Waals surface area contributed by atoms with Gasteiger partial charge in [-0.3, -0.25) is 4.57 Å². The molecule has 0 aliphatic carbocycles. The van der Waals surface area contributed by atoms with E-state index >= 15 is 0 Å². The summed E-state index contributed by atoms with van der Waals surface area (Å²) >= 11 is 1.55. The van der Waals surface area contributed by atoms with E-state index in [0.29, 0.717) is 22.9 Å². The van der Waals surface area contributed by atoms with Crippen LogP contribution in [0.25, 0.3) is 17.3 Å². The predicted molar refractivity (Wildman–Crippen MR) is 105 cm³/mol. The highest BCUT2D eigenvalue weighted by molar-refractivity contribution is 7.98. The molecule has 132 valence electrons. The summed E-state index contributed by atoms with van der Waals surface area (Å²) in [6.45, 7) is 2.06. The predicted octanol–water partition coefficient (Wildman–Crippen LogP) is 5.00. The molecule has 0 saturated heterocycles. The van der Waals surface area contributed by atoms with Crippen LogP contribution in [0.1, 0.15) is 16.7 Å². The summed E-state index contributed by atoms with van der Waals surface area (Å²) in [7, 11) is 0. The Bertz CT molecular complexity index is 1110. The molecule has 27 heavy (non-hydrogen) atoms. The Morgan fingerprint density at radius 1 is 1.04 bits per heavy atom.